The molecule has 0 spiro atoms. The summed E-state index contributed by atoms with van der Waals surface area (Å²) in [5.41, 5.74) is 5.55. The van der Waals surface area contributed by atoms with Gasteiger partial charge in [-0.1, -0.05) is 72.8 Å². The number of hydrogen-bond donors (Lipinski definition) is 2. The number of H-pyrrole nitrogens is 1. The average Bonchev–Trinajstić information content (AvgIpc) is 2.98. The molecule has 162 valence electrons. The van der Waals surface area contributed by atoms with Crippen molar-refractivity contribution in [3.8, 4) is 0 Å². The van der Waals surface area contributed by atoms with Crippen LogP contribution in [0.2, 0.25) is 0 Å². The van der Waals surface area contributed by atoms with Crippen LogP contribution in [0.25, 0.3) is 12.2 Å². The fourth-order valence-electron chi connectivity index (χ4n) is 4.38. The van der Waals surface area contributed by atoms with Gasteiger partial charge in [0.05, 0.1) is 5.56 Å². The third-order valence-electron chi connectivity index (χ3n) is 5.93. The standard InChI is InChI=1S/C27H20N2O3S/c30-25-23(16-29(27(33)28-25)15-17-6-5-9-20(14-17)26(31)32)24-21-10-3-1-7-18(21)12-13-19-8-2-4-11-22(19)24/h1-14,16,24H,15H2,(H,31,32)(H,28,30,33). The van der Waals surface area contributed by atoms with Gasteiger partial charge in [-0.3, -0.25) is 9.78 Å². The number of carboxylic acids is 1. The van der Waals surface area contributed by atoms with Gasteiger partial charge in [-0.25, -0.2) is 4.79 Å². The van der Waals surface area contributed by atoms with Crippen molar-refractivity contribution in [1.29, 1.82) is 0 Å². The van der Waals surface area contributed by atoms with Crippen LogP contribution in [0.15, 0.2) is 83.8 Å². The number of carboxylic acid groups (broad SMARTS) is 1. The first-order valence-corrected chi connectivity index (χ1v) is 10.9. The van der Waals surface area contributed by atoms with Crippen molar-refractivity contribution < 1.29 is 9.90 Å². The monoisotopic (exact) mass is 452 g/mol. The molecule has 1 aliphatic rings. The third kappa shape index (κ3) is 3.97. The highest BCUT2D eigenvalue weighted by atomic mass is 32.1. The van der Waals surface area contributed by atoms with E-state index in [4.69, 9.17) is 12.2 Å². The Morgan fingerprint density at radius 1 is 0.909 bits per heavy atom. The van der Waals surface area contributed by atoms with E-state index in [0.29, 0.717) is 12.1 Å². The lowest BCUT2D eigenvalue weighted by atomic mass is 9.83. The van der Waals surface area contributed by atoms with Gasteiger partial charge < -0.3 is 9.67 Å². The van der Waals surface area contributed by atoms with Crippen LogP contribution in [-0.4, -0.2) is 20.6 Å². The molecule has 0 saturated heterocycles. The highest BCUT2D eigenvalue weighted by molar-refractivity contribution is 7.71. The van der Waals surface area contributed by atoms with Crippen molar-refractivity contribution in [1.82, 2.24) is 9.55 Å². The van der Waals surface area contributed by atoms with Gasteiger partial charge in [-0.05, 0) is 52.2 Å². The second-order valence-electron chi connectivity index (χ2n) is 8.00. The lowest BCUT2D eigenvalue weighted by molar-refractivity contribution is 0.0696. The van der Waals surface area contributed by atoms with E-state index in [1.807, 2.05) is 54.6 Å². The minimum absolute atomic E-state index is 0.210. The van der Waals surface area contributed by atoms with E-state index in [-0.39, 0.29) is 21.8 Å². The smallest absolute Gasteiger partial charge is 0.335 e. The Morgan fingerprint density at radius 2 is 1.55 bits per heavy atom. The Kier molecular flexibility index (Phi) is 5.36. The van der Waals surface area contributed by atoms with E-state index in [1.165, 1.54) is 0 Å². The summed E-state index contributed by atoms with van der Waals surface area (Å²) in [7, 11) is 0. The molecule has 0 amide bonds. The number of aromatic nitrogens is 2. The molecular formula is C27H20N2O3S. The summed E-state index contributed by atoms with van der Waals surface area (Å²) < 4.78 is 2.08. The zero-order valence-electron chi connectivity index (χ0n) is 17.6. The van der Waals surface area contributed by atoms with Gasteiger partial charge in [-0.15, -0.1) is 0 Å². The SMILES string of the molecule is O=C(O)c1cccc(Cn2cc(C3c4ccccc4C=Cc4ccccc43)c(=O)[nH]c2=S)c1. The van der Waals surface area contributed by atoms with Crippen molar-refractivity contribution in [2.24, 2.45) is 0 Å². The molecule has 1 aromatic heterocycles. The third-order valence-corrected chi connectivity index (χ3v) is 6.27. The number of hydrogen-bond acceptors (Lipinski definition) is 3. The Bertz CT molecular complexity index is 1480. The molecule has 0 atom stereocenters. The maximum atomic E-state index is 13.2. The summed E-state index contributed by atoms with van der Waals surface area (Å²) in [6.45, 7) is 0.345. The van der Waals surface area contributed by atoms with Gasteiger partial charge in [-0.2, -0.15) is 0 Å². The van der Waals surface area contributed by atoms with Crippen molar-refractivity contribution in [2.75, 3.05) is 0 Å². The van der Waals surface area contributed by atoms with Gasteiger partial charge in [0.25, 0.3) is 5.56 Å². The van der Waals surface area contributed by atoms with E-state index in [9.17, 15) is 14.7 Å². The fraction of sp³-hybridized carbons (Fsp3) is 0.0741. The minimum atomic E-state index is -0.984. The van der Waals surface area contributed by atoms with Crippen LogP contribution in [0.3, 0.4) is 0 Å². The van der Waals surface area contributed by atoms with E-state index in [0.717, 1.165) is 27.8 Å². The number of rotatable bonds is 4. The highest BCUT2D eigenvalue weighted by Gasteiger charge is 2.26. The molecular weight excluding hydrogens is 432 g/mol. The highest BCUT2D eigenvalue weighted by Crippen LogP contribution is 2.37. The first kappa shape index (κ1) is 20.8. The number of aromatic carboxylic acids is 1. The van der Waals surface area contributed by atoms with Crippen LogP contribution >= 0.6 is 12.2 Å². The van der Waals surface area contributed by atoms with Gasteiger partial charge in [0, 0.05) is 24.2 Å². The number of benzene rings is 3. The summed E-state index contributed by atoms with van der Waals surface area (Å²) in [6, 6.07) is 22.9. The average molecular weight is 453 g/mol. The van der Waals surface area contributed by atoms with E-state index >= 15 is 0 Å². The molecule has 0 aliphatic heterocycles. The van der Waals surface area contributed by atoms with Gasteiger partial charge in [0.15, 0.2) is 4.77 Å². The van der Waals surface area contributed by atoms with Gasteiger partial charge in [0.1, 0.15) is 0 Å². The number of nitrogens with zero attached hydrogens (tertiary/aromatic N) is 1. The molecule has 4 aromatic rings. The quantitative estimate of drug-likeness (QED) is 0.362. The molecule has 0 unspecified atom stereocenters. The molecule has 1 heterocycles. The lowest BCUT2D eigenvalue weighted by Crippen LogP contribution is -2.23. The number of nitrogens with one attached hydrogen (secondary N) is 1. The predicted octanol–water partition coefficient (Wildman–Crippen LogP) is 5.32. The lowest BCUT2D eigenvalue weighted by Gasteiger charge is -2.21. The molecule has 0 bridgehead atoms. The Hall–Kier alpha value is -4.03. The second-order valence-corrected chi connectivity index (χ2v) is 8.39. The molecule has 1 aliphatic carbocycles. The first-order valence-electron chi connectivity index (χ1n) is 10.5. The molecule has 6 heteroatoms. The summed E-state index contributed by atoms with van der Waals surface area (Å²) >= 11 is 5.45. The number of fused-ring (bicyclic) bond motifs is 2. The summed E-state index contributed by atoms with van der Waals surface area (Å²) in [5, 5.41) is 9.31. The second kappa shape index (κ2) is 8.48. The molecule has 0 radical (unpaired) electrons. The van der Waals surface area contributed by atoms with Crippen molar-refractivity contribution in [2.45, 2.75) is 12.5 Å². The topological polar surface area (TPSA) is 75.1 Å². The molecule has 3 aromatic carbocycles. The predicted molar refractivity (Wildman–Crippen MR) is 131 cm³/mol. The maximum absolute atomic E-state index is 13.2. The summed E-state index contributed by atoms with van der Waals surface area (Å²) in [5.74, 6) is -1.26. The summed E-state index contributed by atoms with van der Waals surface area (Å²) in [4.78, 5) is 27.4. The number of aromatic amines is 1. The van der Waals surface area contributed by atoms with E-state index in [2.05, 4.69) is 17.1 Å². The maximum Gasteiger partial charge on any atom is 0.335 e. The van der Waals surface area contributed by atoms with Crippen molar-refractivity contribution >= 4 is 30.3 Å². The Morgan fingerprint density at radius 3 is 2.18 bits per heavy atom. The zero-order valence-corrected chi connectivity index (χ0v) is 18.4. The Labute approximate surface area is 195 Å². The van der Waals surface area contributed by atoms with Crippen LogP contribution in [-0.2, 0) is 6.54 Å². The van der Waals surface area contributed by atoms with Gasteiger partial charge >= 0.3 is 5.97 Å². The van der Waals surface area contributed by atoms with Crippen LogP contribution in [0.5, 0.6) is 0 Å². The van der Waals surface area contributed by atoms with Crippen LogP contribution in [0.4, 0.5) is 0 Å². The van der Waals surface area contributed by atoms with Crippen LogP contribution in [0, 0.1) is 4.77 Å². The van der Waals surface area contributed by atoms with Crippen molar-refractivity contribution in [3.05, 3.63) is 133 Å². The Balaban J connectivity index is 1.67. The molecule has 0 saturated carbocycles. The number of carbonyl (C=O) groups is 1. The first-order chi connectivity index (χ1) is 16.0. The van der Waals surface area contributed by atoms with Crippen LogP contribution in [0.1, 0.15) is 49.7 Å². The molecule has 5 nitrogen and oxygen atoms in total. The molecule has 33 heavy (non-hydrogen) atoms. The van der Waals surface area contributed by atoms with E-state index in [1.54, 1.807) is 29.0 Å². The largest absolute Gasteiger partial charge is 0.478 e. The van der Waals surface area contributed by atoms with E-state index < -0.39 is 5.97 Å². The van der Waals surface area contributed by atoms with Gasteiger partial charge in [0.2, 0.25) is 0 Å². The molecule has 5 rings (SSSR count). The van der Waals surface area contributed by atoms with Crippen LogP contribution < -0.4 is 5.56 Å². The summed E-state index contributed by atoms with van der Waals surface area (Å²) in [6.07, 6.45) is 5.96. The van der Waals surface area contributed by atoms with Crippen molar-refractivity contribution in [3.63, 3.8) is 0 Å². The zero-order chi connectivity index (χ0) is 22.9. The fourth-order valence-corrected chi connectivity index (χ4v) is 4.59. The molecule has 0 fully saturated rings. The minimum Gasteiger partial charge on any atom is -0.478 e. The molecule has 2 N–H and O–H groups in total. The normalized spacial score (nSPS) is 12.6.